The topological polar surface area (TPSA) is 82.7 Å². The molecule has 120 valence electrons. The van der Waals surface area contributed by atoms with Crippen LogP contribution < -0.4 is 10.6 Å². The van der Waals surface area contributed by atoms with Gasteiger partial charge < -0.3 is 5.32 Å². The molecule has 2 rings (SSSR count). The highest BCUT2D eigenvalue weighted by atomic mass is 19.1. The Hall–Kier alpha value is -2.88. The van der Waals surface area contributed by atoms with E-state index >= 15 is 0 Å². The van der Waals surface area contributed by atoms with E-state index in [0.29, 0.717) is 17.9 Å². The van der Waals surface area contributed by atoms with E-state index in [2.05, 4.69) is 15.7 Å². The third-order valence-electron chi connectivity index (χ3n) is 3.35. The van der Waals surface area contributed by atoms with E-state index in [-0.39, 0.29) is 18.3 Å². The minimum Gasteiger partial charge on any atom is -0.334 e. The molecule has 0 radical (unpaired) electrons. The third-order valence-corrected chi connectivity index (χ3v) is 3.35. The maximum atomic E-state index is 13.3. The Bertz CT molecular complexity index is 734. The van der Waals surface area contributed by atoms with Crippen LogP contribution in [0.5, 0.6) is 0 Å². The molecule has 1 aromatic heterocycles. The Balaban J connectivity index is 2.09. The van der Waals surface area contributed by atoms with Gasteiger partial charge in [0.05, 0.1) is 18.2 Å². The summed E-state index contributed by atoms with van der Waals surface area (Å²) in [5.41, 5.74) is 1.34. The number of halogens is 1. The molecule has 6 nitrogen and oxygen atoms in total. The van der Waals surface area contributed by atoms with Crippen LogP contribution in [0.4, 0.5) is 15.0 Å². The largest absolute Gasteiger partial charge is 0.334 e. The second-order valence-corrected chi connectivity index (χ2v) is 5.13. The average Bonchev–Trinajstić information content (AvgIpc) is 2.87. The van der Waals surface area contributed by atoms with Gasteiger partial charge in [0, 0.05) is 17.8 Å². The lowest BCUT2D eigenvalue weighted by atomic mass is 10.2. The normalized spacial score (nSPS) is 11.6. The second-order valence-electron chi connectivity index (χ2n) is 5.13. The minimum absolute atomic E-state index is 0.202. The van der Waals surface area contributed by atoms with E-state index in [1.165, 1.54) is 12.1 Å². The Morgan fingerprint density at radius 1 is 1.48 bits per heavy atom. The summed E-state index contributed by atoms with van der Waals surface area (Å²) in [5.74, 6) is 0.00279. The average molecular weight is 315 g/mol. The van der Waals surface area contributed by atoms with Crippen LogP contribution in [0.25, 0.3) is 5.69 Å². The lowest BCUT2D eigenvalue weighted by molar-refractivity contribution is 0.248. The van der Waals surface area contributed by atoms with E-state index in [1.807, 2.05) is 19.9 Å². The Morgan fingerprint density at radius 3 is 2.91 bits per heavy atom. The number of anilines is 1. The molecule has 0 aliphatic rings. The molecule has 7 heteroatoms. The second kappa shape index (κ2) is 7.40. The van der Waals surface area contributed by atoms with Crippen molar-refractivity contribution in [1.82, 2.24) is 15.1 Å². The fourth-order valence-corrected chi connectivity index (χ4v) is 2.15. The van der Waals surface area contributed by atoms with Gasteiger partial charge in [-0.2, -0.15) is 5.26 Å². The van der Waals surface area contributed by atoms with Crippen molar-refractivity contribution in [3.8, 4) is 11.8 Å². The lowest BCUT2D eigenvalue weighted by Crippen LogP contribution is -2.37. The highest BCUT2D eigenvalue weighted by molar-refractivity contribution is 5.88. The summed E-state index contributed by atoms with van der Waals surface area (Å²) in [7, 11) is 0. The number of benzene rings is 1. The molecule has 0 unspecified atom stereocenters. The van der Waals surface area contributed by atoms with Crippen LogP contribution in [0.15, 0.2) is 30.3 Å². The van der Waals surface area contributed by atoms with Crippen molar-refractivity contribution >= 4 is 11.8 Å². The number of amides is 2. The highest BCUT2D eigenvalue weighted by Crippen LogP contribution is 2.16. The van der Waals surface area contributed by atoms with Crippen molar-refractivity contribution < 1.29 is 9.18 Å². The van der Waals surface area contributed by atoms with E-state index in [0.717, 1.165) is 5.69 Å². The van der Waals surface area contributed by atoms with Gasteiger partial charge in [-0.25, -0.2) is 13.9 Å². The van der Waals surface area contributed by atoms with E-state index in [4.69, 9.17) is 5.26 Å². The third kappa shape index (κ3) is 4.30. The Labute approximate surface area is 133 Å². The SMILES string of the molecule is CC[C@H](CC#N)NC(=O)Nc1cc(C)n(-c2cccc(F)c2)n1. The molecule has 0 saturated heterocycles. The summed E-state index contributed by atoms with van der Waals surface area (Å²) in [5, 5.41) is 18.3. The lowest BCUT2D eigenvalue weighted by Gasteiger charge is -2.13. The molecule has 1 heterocycles. The number of urea groups is 1. The van der Waals surface area contributed by atoms with Crippen LogP contribution in [0, 0.1) is 24.1 Å². The number of hydrogen-bond donors (Lipinski definition) is 2. The number of hydrogen-bond acceptors (Lipinski definition) is 3. The fourth-order valence-electron chi connectivity index (χ4n) is 2.15. The van der Waals surface area contributed by atoms with Crippen molar-refractivity contribution in [2.75, 3.05) is 5.32 Å². The number of nitrogens with zero attached hydrogens (tertiary/aromatic N) is 3. The fraction of sp³-hybridized carbons (Fsp3) is 0.312. The number of nitrogens with one attached hydrogen (secondary N) is 2. The van der Waals surface area contributed by atoms with Crippen LogP contribution in [-0.4, -0.2) is 21.9 Å². The molecule has 0 bridgehead atoms. The zero-order valence-electron chi connectivity index (χ0n) is 13.0. The van der Waals surface area contributed by atoms with Gasteiger partial charge in [0.15, 0.2) is 5.82 Å². The molecule has 1 aromatic carbocycles. The predicted octanol–water partition coefficient (Wildman–Crippen LogP) is 3.13. The highest BCUT2D eigenvalue weighted by Gasteiger charge is 2.13. The molecule has 0 saturated carbocycles. The molecule has 0 aliphatic heterocycles. The number of aryl methyl sites for hydroxylation is 1. The minimum atomic E-state index is -0.420. The molecular formula is C16H18FN5O. The van der Waals surface area contributed by atoms with Gasteiger partial charge in [0.2, 0.25) is 0 Å². The van der Waals surface area contributed by atoms with E-state index in [1.54, 1.807) is 22.9 Å². The zero-order valence-corrected chi connectivity index (χ0v) is 13.0. The smallest absolute Gasteiger partial charge is 0.320 e. The first-order valence-corrected chi connectivity index (χ1v) is 7.30. The first-order valence-electron chi connectivity index (χ1n) is 7.30. The first-order chi connectivity index (χ1) is 11.0. The molecule has 0 fully saturated rings. The van der Waals surface area contributed by atoms with Gasteiger partial charge in [0.1, 0.15) is 5.82 Å². The molecular weight excluding hydrogens is 297 g/mol. The number of nitriles is 1. The summed E-state index contributed by atoms with van der Waals surface area (Å²) >= 11 is 0. The molecule has 2 N–H and O–H groups in total. The van der Waals surface area contributed by atoms with Gasteiger partial charge in [-0.1, -0.05) is 13.0 Å². The molecule has 0 aliphatic carbocycles. The van der Waals surface area contributed by atoms with Crippen LogP contribution in [0.2, 0.25) is 0 Å². The molecule has 1 atom stereocenters. The molecule has 2 aromatic rings. The summed E-state index contributed by atoms with van der Waals surface area (Å²) < 4.78 is 14.9. The maximum Gasteiger partial charge on any atom is 0.320 e. The van der Waals surface area contributed by atoms with Gasteiger partial charge >= 0.3 is 6.03 Å². The van der Waals surface area contributed by atoms with Crippen molar-refractivity contribution in [2.45, 2.75) is 32.7 Å². The number of rotatable bonds is 5. The number of aromatic nitrogens is 2. The summed E-state index contributed by atoms with van der Waals surface area (Å²) in [6, 6.07) is 9.14. The van der Waals surface area contributed by atoms with Crippen molar-refractivity contribution in [1.29, 1.82) is 5.26 Å². The van der Waals surface area contributed by atoms with Crippen LogP contribution in [-0.2, 0) is 0 Å². The predicted molar refractivity (Wildman–Crippen MR) is 84.7 cm³/mol. The number of carbonyl (C=O) groups excluding carboxylic acids is 1. The summed E-state index contributed by atoms with van der Waals surface area (Å²) in [6.45, 7) is 3.70. The monoisotopic (exact) mass is 315 g/mol. The van der Waals surface area contributed by atoms with Gasteiger partial charge in [-0.3, -0.25) is 5.32 Å². The summed E-state index contributed by atoms with van der Waals surface area (Å²) in [4.78, 5) is 11.9. The van der Waals surface area contributed by atoms with Crippen LogP contribution in [0.1, 0.15) is 25.5 Å². The van der Waals surface area contributed by atoms with Crippen molar-refractivity contribution in [3.05, 3.63) is 41.8 Å². The standard InChI is InChI=1S/C16H18FN5O/c1-3-13(7-8-18)19-16(23)20-15-9-11(2)22(21-15)14-6-4-5-12(17)10-14/h4-6,9-10,13H,3,7H2,1-2H3,(H2,19,20,21,23)/t13-/m1/s1. The van der Waals surface area contributed by atoms with E-state index in [9.17, 15) is 9.18 Å². The van der Waals surface area contributed by atoms with Crippen molar-refractivity contribution in [3.63, 3.8) is 0 Å². The first kappa shape index (κ1) is 16.5. The summed E-state index contributed by atoms with van der Waals surface area (Å²) in [6.07, 6.45) is 0.915. The van der Waals surface area contributed by atoms with Gasteiger partial charge in [0.25, 0.3) is 0 Å². The quantitative estimate of drug-likeness (QED) is 0.889. The van der Waals surface area contributed by atoms with Crippen molar-refractivity contribution in [2.24, 2.45) is 0 Å². The van der Waals surface area contributed by atoms with Crippen LogP contribution in [0.3, 0.4) is 0 Å². The van der Waals surface area contributed by atoms with Crippen LogP contribution >= 0.6 is 0 Å². The molecule has 23 heavy (non-hydrogen) atoms. The Kier molecular flexibility index (Phi) is 5.31. The number of carbonyl (C=O) groups is 1. The van der Waals surface area contributed by atoms with Gasteiger partial charge in [-0.05, 0) is 31.5 Å². The molecule has 2 amide bonds. The Morgan fingerprint density at radius 2 is 2.26 bits per heavy atom. The maximum absolute atomic E-state index is 13.3. The zero-order chi connectivity index (χ0) is 16.8. The van der Waals surface area contributed by atoms with Gasteiger partial charge in [-0.15, -0.1) is 5.10 Å². The molecule has 0 spiro atoms. The van der Waals surface area contributed by atoms with E-state index < -0.39 is 6.03 Å².